The molecule has 4 nitrogen and oxygen atoms in total. The van der Waals surface area contributed by atoms with Crippen LogP contribution in [0.25, 0.3) is 6.08 Å². The summed E-state index contributed by atoms with van der Waals surface area (Å²) in [6.07, 6.45) is 5.64. The predicted octanol–water partition coefficient (Wildman–Crippen LogP) is 6.76. The molecule has 0 saturated carbocycles. The van der Waals surface area contributed by atoms with Crippen molar-refractivity contribution < 1.29 is 9.59 Å². The minimum absolute atomic E-state index is 0.133. The van der Waals surface area contributed by atoms with Gasteiger partial charge in [-0.3, -0.25) is 14.5 Å². The maximum absolute atomic E-state index is 12.6. The third-order valence-corrected chi connectivity index (χ3v) is 7.15. The number of rotatable bonds is 6. The summed E-state index contributed by atoms with van der Waals surface area (Å²) >= 11 is 16.8. The highest BCUT2D eigenvalue weighted by atomic mass is 79.9. The van der Waals surface area contributed by atoms with Crippen molar-refractivity contribution in [2.24, 2.45) is 0 Å². The molecule has 0 spiro atoms. The Morgan fingerprint density at radius 3 is 2.47 bits per heavy atom. The maximum Gasteiger partial charge on any atom is 0.266 e. The van der Waals surface area contributed by atoms with E-state index in [0.717, 1.165) is 19.0 Å². The number of nitrogens with zero attached hydrogens (tertiary/aromatic N) is 1. The Bertz CT molecular complexity index is 1030. The molecular formula is C21H15Br3N2O2S2. The van der Waals surface area contributed by atoms with E-state index in [4.69, 9.17) is 12.2 Å². The molecule has 2 aromatic carbocycles. The Kier molecular flexibility index (Phi) is 8.47. The summed E-state index contributed by atoms with van der Waals surface area (Å²) in [5.41, 5.74) is 1.69. The molecule has 154 valence electrons. The van der Waals surface area contributed by atoms with Crippen LogP contribution in [-0.2, 0) is 9.59 Å². The largest absolute Gasteiger partial charge is 0.324 e. The number of thiocarbonyl (C=S) groups is 1. The van der Waals surface area contributed by atoms with Crippen molar-refractivity contribution in [1.82, 2.24) is 4.90 Å². The normalized spacial score (nSPS) is 15.4. The average molecular weight is 631 g/mol. The van der Waals surface area contributed by atoms with Crippen LogP contribution in [-0.4, -0.2) is 27.6 Å². The van der Waals surface area contributed by atoms with Crippen molar-refractivity contribution >= 4 is 99.7 Å². The summed E-state index contributed by atoms with van der Waals surface area (Å²) in [5.74, 6) is -0.387. The smallest absolute Gasteiger partial charge is 0.266 e. The molecule has 0 aliphatic carbocycles. The van der Waals surface area contributed by atoms with Crippen LogP contribution in [0, 0.1) is 0 Å². The van der Waals surface area contributed by atoms with Gasteiger partial charge in [-0.15, -0.1) is 0 Å². The maximum atomic E-state index is 12.6. The van der Waals surface area contributed by atoms with Crippen LogP contribution in [0.2, 0.25) is 0 Å². The molecular weight excluding hydrogens is 616 g/mol. The van der Waals surface area contributed by atoms with Crippen LogP contribution in [0.15, 0.2) is 72.9 Å². The summed E-state index contributed by atoms with van der Waals surface area (Å²) in [7, 11) is 0. The zero-order valence-electron chi connectivity index (χ0n) is 15.4. The van der Waals surface area contributed by atoms with Crippen LogP contribution in [0.3, 0.4) is 0 Å². The second-order valence-electron chi connectivity index (χ2n) is 6.17. The zero-order valence-corrected chi connectivity index (χ0v) is 21.8. The third kappa shape index (κ3) is 6.13. The molecule has 1 aliphatic rings. The van der Waals surface area contributed by atoms with Gasteiger partial charge in [0, 0.05) is 26.4 Å². The lowest BCUT2D eigenvalue weighted by molar-refractivity contribution is -0.122. The van der Waals surface area contributed by atoms with Gasteiger partial charge in [0.2, 0.25) is 5.91 Å². The molecule has 1 fully saturated rings. The fourth-order valence-corrected chi connectivity index (χ4v) is 6.31. The monoisotopic (exact) mass is 628 g/mol. The first-order chi connectivity index (χ1) is 14.3. The molecule has 30 heavy (non-hydrogen) atoms. The highest BCUT2D eigenvalue weighted by Crippen LogP contribution is 2.35. The van der Waals surface area contributed by atoms with Gasteiger partial charge < -0.3 is 5.32 Å². The zero-order chi connectivity index (χ0) is 21.7. The Morgan fingerprint density at radius 1 is 1.13 bits per heavy atom. The van der Waals surface area contributed by atoms with E-state index in [2.05, 4.69) is 53.1 Å². The van der Waals surface area contributed by atoms with Crippen LogP contribution >= 0.6 is 71.8 Å². The Balaban J connectivity index is 1.59. The molecule has 0 aromatic heterocycles. The predicted molar refractivity (Wildman–Crippen MR) is 138 cm³/mol. The molecule has 1 aliphatic heterocycles. The first-order valence-electron chi connectivity index (χ1n) is 8.76. The second kappa shape index (κ2) is 10.9. The molecule has 2 amide bonds. The summed E-state index contributed by atoms with van der Waals surface area (Å²) in [4.78, 5) is 27.1. The SMILES string of the molecule is O=C(CCN1C(=O)C(=CC=Cc2ccccc2)SC1=S)Nc1c(Br)cc(Br)cc1Br. The quantitative estimate of drug-likeness (QED) is 0.283. The second-order valence-corrected chi connectivity index (χ2v) is 10.5. The van der Waals surface area contributed by atoms with E-state index in [1.54, 1.807) is 6.08 Å². The van der Waals surface area contributed by atoms with Gasteiger partial charge in [-0.25, -0.2) is 0 Å². The fraction of sp³-hybridized carbons (Fsp3) is 0.0952. The number of carbonyl (C=O) groups excluding carboxylic acids is 2. The standard InChI is InChI=1S/C21H15Br3N2O2S2/c22-14-11-15(23)19(16(24)12-14)25-18(27)9-10-26-20(28)17(30-21(26)29)8-4-7-13-5-2-1-3-6-13/h1-8,11-12H,9-10H2,(H,25,27). The summed E-state index contributed by atoms with van der Waals surface area (Å²) < 4.78 is 2.83. The number of amides is 2. The van der Waals surface area contributed by atoms with E-state index in [0.29, 0.717) is 14.9 Å². The van der Waals surface area contributed by atoms with Crippen LogP contribution in [0.1, 0.15) is 12.0 Å². The molecule has 9 heteroatoms. The minimum Gasteiger partial charge on any atom is -0.324 e. The van der Waals surface area contributed by atoms with Crippen molar-refractivity contribution in [1.29, 1.82) is 0 Å². The van der Waals surface area contributed by atoms with E-state index < -0.39 is 0 Å². The number of carbonyl (C=O) groups is 2. The van der Waals surface area contributed by atoms with Crippen molar-refractivity contribution in [3.63, 3.8) is 0 Å². The summed E-state index contributed by atoms with van der Waals surface area (Å²) in [6.45, 7) is 0.224. The molecule has 1 heterocycles. The van der Waals surface area contributed by atoms with E-state index >= 15 is 0 Å². The number of benzene rings is 2. The highest BCUT2D eigenvalue weighted by Gasteiger charge is 2.31. The first kappa shape index (κ1) is 23.4. The number of hydrogen-bond acceptors (Lipinski definition) is 4. The van der Waals surface area contributed by atoms with E-state index in [1.807, 2.05) is 54.6 Å². The lowest BCUT2D eigenvalue weighted by Gasteiger charge is -2.15. The van der Waals surface area contributed by atoms with Gasteiger partial charge in [-0.05, 0) is 55.6 Å². The van der Waals surface area contributed by atoms with Crippen LogP contribution in [0.5, 0.6) is 0 Å². The molecule has 0 atom stereocenters. The first-order valence-corrected chi connectivity index (χ1v) is 12.4. The molecule has 2 aromatic rings. The molecule has 1 N–H and O–H groups in total. The Morgan fingerprint density at radius 2 is 1.80 bits per heavy atom. The third-order valence-electron chi connectivity index (χ3n) is 4.04. The molecule has 1 saturated heterocycles. The number of thioether (sulfide) groups is 1. The highest BCUT2D eigenvalue weighted by molar-refractivity contribution is 9.11. The van der Waals surface area contributed by atoms with Gasteiger partial charge in [0.1, 0.15) is 4.32 Å². The molecule has 3 rings (SSSR count). The van der Waals surface area contributed by atoms with Crippen molar-refractivity contribution in [3.05, 3.63) is 78.5 Å². The number of anilines is 1. The van der Waals surface area contributed by atoms with Crippen molar-refractivity contribution in [2.75, 3.05) is 11.9 Å². The van der Waals surface area contributed by atoms with Crippen LogP contribution < -0.4 is 5.32 Å². The topological polar surface area (TPSA) is 49.4 Å². The molecule has 0 unspecified atom stereocenters. The van der Waals surface area contributed by atoms with E-state index in [1.165, 1.54) is 16.7 Å². The van der Waals surface area contributed by atoms with Gasteiger partial charge >= 0.3 is 0 Å². The van der Waals surface area contributed by atoms with E-state index in [-0.39, 0.29) is 24.8 Å². The average Bonchev–Trinajstić information content (AvgIpc) is 2.97. The van der Waals surface area contributed by atoms with Gasteiger partial charge in [0.15, 0.2) is 0 Å². The Labute approximate surface area is 209 Å². The summed E-state index contributed by atoms with van der Waals surface area (Å²) in [5, 5.41) is 2.86. The van der Waals surface area contributed by atoms with Crippen molar-refractivity contribution in [2.45, 2.75) is 6.42 Å². The number of nitrogens with one attached hydrogen (secondary N) is 1. The molecule has 0 bridgehead atoms. The lowest BCUT2D eigenvalue weighted by Crippen LogP contribution is -2.31. The number of halogens is 3. The minimum atomic E-state index is -0.208. The van der Waals surface area contributed by atoms with Gasteiger partial charge in [0.05, 0.1) is 10.6 Å². The number of allylic oxidation sites excluding steroid dienone is 2. The lowest BCUT2D eigenvalue weighted by atomic mass is 10.2. The van der Waals surface area contributed by atoms with Gasteiger partial charge in [-0.1, -0.05) is 82.4 Å². The van der Waals surface area contributed by atoms with Crippen LogP contribution in [0.4, 0.5) is 5.69 Å². The number of hydrogen-bond donors (Lipinski definition) is 1. The van der Waals surface area contributed by atoms with Crippen molar-refractivity contribution in [3.8, 4) is 0 Å². The van der Waals surface area contributed by atoms with Gasteiger partial charge in [0.25, 0.3) is 5.91 Å². The van der Waals surface area contributed by atoms with Gasteiger partial charge in [-0.2, -0.15) is 0 Å². The Hall–Kier alpha value is -1.26. The fourth-order valence-electron chi connectivity index (χ4n) is 2.59. The van der Waals surface area contributed by atoms with E-state index in [9.17, 15) is 9.59 Å². The molecule has 0 radical (unpaired) electrons. The summed E-state index contributed by atoms with van der Waals surface area (Å²) in [6, 6.07) is 13.5.